The lowest BCUT2D eigenvalue weighted by molar-refractivity contribution is -0.121. The van der Waals surface area contributed by atoms with Crippen LogP contribution in [0.3, 0.4) is 0 Å². The zero-order chi connectivity index (χ0) is 16.8. The van der Waals surface area contributed by atoms with Crippen molar-refractivity contribution in [2.24, 2.45) is 4.99 Å². The predicted octanol–water partition coefficient (Wildman–Crippen LogP) is 3.82. The maximum atomic E-state index is 11.9. The van der Waals surface area contributed by atoms with Crippen molar-refractivity contribution in [2.45, 2.75) is 32.1 Å². The van der Waals surface area contributed by atoms with Crippen LogP contribution in [0, 0.1) is 0 Å². The normalized spacial score (nSPS) is 16.5. The summed E-state index contributed by atoms with van der Waals surface area (Å²) in [7, 11) is 0. The number of thioether (sulfide) groups is 1. The van der Waals surface area contributed by atoms with Gasteiger partial charge in [-0.1, -0.05) is 35.5 Å². The molecule has 1 aromatic rings. The summed E-state index contributed by atoms with van der Waals surface area (Å²) in [4.78, 5) is 18.7. The average Bonchev–Trinajstić information content (AvgIpc) is 3.00. The lowest BCUT2D eigenvalue weighted by atomic mass is 10.1. The number of aliphatic imine (C=N–C) groups is 1. The maximum absolute atomic E-state index is 11.9. The van der Waals surface area contributed by atoms with Gasteiger partial charge in [0, 0.05) is 43.2 Å². The Kier molecular flexibility index (Phi) is 6.21. The number of aryl methyl sites for hydroxylation is 1. The molecule has 2 aliphatic rings. The van der Waals surface area contributed by atoms with E-state index < -0.39 is 0 Å². The van der Waals surface area contributed by atoms with Crippen molar-refractivity contribution in [1.82, 2.24) is 10.2 Å². The van der Waals surface area contributed by atoms with Crippen molar-refractivity contribution in [2.75, 3.05) is 19.6 Å². The molecule has 2 heterocycles. The van der Waals surface area contributed by atoms with Gasteiger partial charge in [-0.2, -0.15) is 0 Å². The number of benzene rings is 1. The van der Waals surface area contributed by atoms with E-state index in [-0.39, 0.29) is 5.91 Å². The summed E-state index contributed by atoms with van der Waals surface area (Å²) in [5.41, 5.74) is 2.50. The Morgan fingerprint density at radius 3 is 2.96 bits per heavy atom. The number of nitrogens with one attached hydrogen (secondary N) is 1. The second-order valence-electron chi connectivity index (χ2n) is 5.98. The summed E-state index contributed by atoms with van der Waals surface area (Å²) in [5, 5.41) is 7.05. The number of amides is 1. The van der Waals surface area contributed by atoms with Crippen molar-refractivity contribution >= 4 is 34.4 Å². The molecule has 4 nitrogen and oxygen atoms in total. The van der Waals surface area contributed by atoms with E-state index in [2.05, 4.69) is 20.6 Å². The molecule has 0 radical (unpaired) electrons. The number of amidine groups is 1. The molecule has 0 aromatic heterocycles. The van der Waals surface area contributed by atoms with Crippen LogP contribution in [0.4, 0.5) is 0 Å². The summed E-state index contributed by atoms with van der Waals surface area (Å²) in [6.07, 6.45) is 4.30. The number of nitrogens with zero attached hydrogens (tertiary/aromatic N) is 2. The molecular weight excluding hydrogens is 342 g/mol. The highest BCUT2D eigenvalue weighted by molar-refractivity contribution is 8.16. The Morgan fingerprint density at radius 1 is 1.29 bits per heavy atom. The molecule has 128 valence electrons. The molecule has 6 heteroatoms. The third-order valence-corrected chi connectivity index (χ3v) is 5.35. The highest BCUT2D eigenvalue weighted by Gasteiger charge is 2.24. The first kappa shape index (κ1) is 17.4. The summed E-state index contributed by atoms with van der Waals surface area (Å²) in [5.74, 6) is 0.128. The highest BCUT2D eigenvalue weighted by atomic mass is 35.5. The van der Waals surface area contributed by atoms with Crippen molar-refractivity contribution in [3.8, 4) is 0 Å². The molecule has 1 aromatic carbocycles. The monoisotopic (exact) mass is 363 g/mol. The number of carbonyl (C=O) groups is 1. The second kappa shape index (κ2) is 8.58. The molecule has 3 rings (SSSR count). The zero-order valence-electron chi connectivity index (χ0n) is 13.6. The van der Waals surface area contributed by atoms with Crippen LogP contribution in [0.15, 0.2) is 40.4 Å². The van der Waals surface area contributed by atoms with Gasteiger partial charge in [0.05, 0.1) is 0 Å². The molecule has 24 heavy (non-hydrogen) atoms. The molecule has 1 N–H and O–H groups in total. The molecule has 0 aliphatic carbocycles. The molecule has 1 amide bonds. The number of hydrogen-bond donors (Lipinski definition) is 1. The number of fused-ring (bicyclic) bond motifs is 1. The standard InChI is InChI=1S/C18H22ClN3OS/c19-15-7-5-14(6-8-15)3-1-4-17(23)20-11-9-16-13-24-18-21-10-2-12-22(16)18/h5-8,13H,1-4,9-12H2,(H,20,23). The smallest absolute Gasteiger partial charge is 0.220 e. The van der Waals surface area contributed by atoms with Gasteiger partial charge < -0.3 is 10.2 Å². The van der Waals surface area contributed by atoms with Crippen LogP contribution in [0.25, 0.3) is 0 Å². The predicted molar refractivity (Wildman–Crippen MR) is 101 cm³/mol. The van der Waals surface area contributed by atoms with E-state index >= 15 is 0 Å². The highest BCUT2D eigenvalue weighted by Crippen LogP contribution is 2.30. The fourth-order valence-electron chi connectivity index (χ4n) is 2.85. The topological polar surface area (TPSA) is 44.7 Å². The minimum Gasteiger partial charge on any atom is -0.356 e. The van der Waals surface area contributed by atoms with Gasteiger partial charge in [-0.3, -0.25) is 9.79 Å². The third-order valence-electron chi connectivity index (χ3n) is 4.15. The van der Waals surface area contributed by atoms with E-state index in [9.17, 15) is 4.79 Å². The molecule has 0 spiro atoms. The Balaban J connectivity index is 1.32. The number of rotatable bonds is 7. The number of carbonyl (C=O) groups excluding carboxylic acids is 1. The number of halogens is 1. The molecule has 0 bridgehead atoms. The van der Waals surface area contributed by atoms with Crippen molar-refractivity contribution in [3.05, 3.63) is 46.0 Å². The van der Waals surface area contributed by atoms with E-state index in [1.807, 2.05) is 24.3 Å². The van der Waals surface area contributed by atoms with Crippen LogP contribution in [-0.4, -0.2) is 35.6 Å². The van der Waals surface area contributed by atoms with Crippen molar-refractivity contribution < 1.29 is 4.79 Å². The molecule has 0 saturated carbocycles. The van der Waals surface area contributed by atoms with Crippen LogP contribution in [0.2, 0.25) is 5.02 Å². The quantitative estimate of drug-likeness (QED) is 0.801. The van der Waals surface area contributed by atoms with Gasteiger partial charge in [0.2, 0.25) is 5.91 Å². The van der Waals surface area contributed by atoms with Gasteiger partial charge >= 0.3 is 0 Å². The molecule has 0 atom stereocenters. The summed E-state index contributed by atoms with van der Waals surface area (Å²) in [6.45, 7) is 2.67. The Bertz CT molecular complexity index is 642. The lowest BCUT2D eigenvalue weighted by Crippen LogP contribution is -2.32. The van der Waals surface area contributed by atoms with Crippen molar-refractivity contribution in [3.63, 3.8) is 0 Å². The minimum atomic E-state index is 0.128. The molecule has 0 unspecified atom stereocenters. The van der Waals surface area contributed by atoms with Gasteiger partial charge in [-0.25, -0.2) is 0 Å². The summed E-state index contributed by atoms with van der Waals surface area (Å²) >= 11 is 7.57. The first-order chi connectivity index (χ1) is 11.7. The van der Waals surface area contributed by atoms with Crippen LogP contribution in [-0.2, 0) is 11.2 Å². The minimum absolute atomic E-state index is 0.128. The third kappa shape index (κ3) is 4.77. The SMILES string of the molecule is O=C(CCCc1ccc(Cl)cc1)NCCC1=CSC2=NCCCN12. The molecule has 2 aliphatic heterocycles. The largest absolute Gasteiger partial charge is 0.356 e. The van der Waals surface area contributed by atoms with Crippen LogP contribution in [0.1, 0.15) is 31.2 Å². The van der Waals surface area contributed by atoms with Crippen LogP contribution in [0.5, 0.6) is 0 Å². The molecule has 0 fully saturated rings. The van der Waals surface area contributed by atoms with Gasteiger partial charge in [-0.15, -0.1) is 0 Å². The fraction of sp³-hybridized carbons (Fsp3) is 0.444. The fourth-order valence-corrected chi connectivity index (χ4v) is 3.97. The van der Waals surface area contributed by atoms with Gasteiger partial charge in [-0.05, 0) is 42.4 Å². The van der Waals surface area contributed by atoms with E-state index in [1.54, 1.807) is 11.8 Å². The summed E-state index contributed by atoms with van der Waals surface area (Å²) < 4.78 is 0. The van der Waals surface area contributed by atoms with Gasteiger partial charge in [0.15, 0.2) is 5.17 Å². The maximum Gasteiger partial charge on any atom is 0.220 e. The van der Waals surface area contributed by atoms with Gasteiger partial charge in [0.25, 0.3) is 0 Å². The average molecular weight is 364 g/mol. The first-order valence-corrected chi connectivity index (χ1v) is 9.67. The summed E-state index contributed by atoms with van der Waals surface area (Å²) in [6, 6.07) is 7.81. The van der Waals surface area contributed by atoms with E-state index in [4.69, 9.17) is 11.6 Å². The first-order valence-electron chi connectivity index (χ1n) is 8.41. The van der Waals surface area contributed by atoms with Crippen molar-refractivity contribution in [1.29, 1.82) is 0 Å². The van der Waals surface area contributed by atoms with E-state index in [1.165, 1.54) is 11.3 Å². The second-order valence-corrected chi connectivity index (χ2v) is 7.25. The zero-order valence-corrected chi connectivity index (χ0v) is 15.2. The molecule has 0 saturated heterocycles. The van der Waals surface area contributed by atoms with Crippen LogP contribution >= 0.6 is 23.4 Å². The van der Waals surface area contributed by atoms with Crippen LogP contribution < -0.4 is 5.32 Å². The molecular formula is C18H22ClN3OS. The van der Waals surface area contributed by atoms with E-state index in [0.29, 0.717) is 13.0 Å². The van der Waals surface area contributed by atoms with E-state index in [0.717, 1.165) is 49.0 Å². The Labute approximate surface area is 152 Å². The Hall–Kier alpha value is -1.46. The Morgan fingerprint density at radius 2 is 2.12 bits per heavy atom. The number of hydrogen-bond acceptors (Lipinski definition) is 4. The van der Waals surface area contributed by atoms with Gasteiger partial charge in [0.1, 0.15) is 0 Å². The lowest BCUT2D eigenvalue weighted by Gasteiger charge is -2.25.